The molecule has 0 saturated carbocycles. The van der Waals surface area contributed by atoms with Gasteiger partial charge in [-0.2, -0.15) is 10.4 Å². The summed E-state index contributed by atoms with van der Waals surface area (Å²) in [4.78, 5) is 12.3. The first-order chi connectivity index (χ1) is 9.93. The molecule has 1 heterocycles. The second-order valence-electron chi connectivity index (χ2n) is 4.78. The molecule has 5 nitrogen and oxygen atoms in total. The number of hydrogen-bond donors (Lipinski definition) is 1. The number of anilines is 1. The van der Waals surface area contributed by atoms with Crippen LogP contribution in [0.15, 0.2) is 28.7 Å². The molecule has 0 bridgehead atoms. The van der Waals surface area contributed by atoms with E-state index in [1.165, 1.54) is 0 Å². The predicted octanol–water partition coefficient (Wildman–Crippen LogP) is 3.33. The van der Waals surface area contributed by atoms with Crippen LogP contribution in [0.4, 0.5) is 5.69 Å². The van der Waals surface area contributed by atoms with Gasteiger partial charge >= 0.3 is 0 Å². The van der Waals surface area contributed by atoms with Gasteiger partial charge in [0.1, 0.15) is 6.04 Å². The minimum Gasteiger partial charge on any atom is -0.324 e. The topological polar surface area (TPSA) is 70.7 Å². The number of halogens is 1. The number of benzene rings is 1. The summed E-state index contributed by atoms with van der Waals surface area (Å²) in [5.41, 5.74) is 2.98. The van der Waals surface area contributed by atoms with E-state index < -0.39 is 6.04 Å². The maximum absolute atomic E-state index is 12.3. The molecule has 0 aliphatic carbocycles. The van der Waals surface area contributed by atoms with Gasteiger partial charge < -0.3 is 5.32 Å². The second kappa shape index (κ2) is 6.10. The molecule has 1 amide bonds. The minimum absolute atomic E-state index is 0.155. The monoisotopic (exact) mass is 346 g/mol. The molecule has 1 aromatic heterocycles. The largest absolute Gasteiger partial charge is 0.324 e. The molecule has 1 atom stereocenters. The number of hydrogen-bond acceptors (Lipinski definition) is 3. The number of aromatic nitrogens is 2. The van der Waals surface area contributed by atoms with Gasteiger partial charge in [0, 0.05) is 5.69 Å². The summed E-state index contributed by atoms with van der Waals surface area (Å²) in [5, 5.41) is 15.9. The Hall–Kier alpha value is -2.13. The fourth-order valence-corrected chi connectivity index (χ4v) is 2.27. The van der Waals surface area contributed by atoms with Crippen molar-refractivity contribution in [3.05, 3.63) is 45.7 Å². The minimum atomic E-state index is -0.425. The highest BCUT2D eigenvalue weighted by Crippen LogP contribution is 2.23. The summed E-state index contributed by atoms with van der Waals surface area (Å²) in [6.07, 6.45) is 0. The molecule has 0 aliphatic rings. The lowest BCUT2D eigenvalue weighted by atomic mass is 10.2. The standard InChI is InChI=1S/C15H15BrN4O/c1-9-14(16)10(2)20(19-9)11(3)15(21)18-13-6-4-12(8-17)5-7-13/h4-7,11H,1-3H3,(H,18,21). The van der Waals surface area contributed by atoms with Crippen LogP contribution in [0.25, 0.3) is 0 Å². The summed E-state index contributed by atoms with van der Waals surface area (Å²) in [6, 6.07) is 8.37. The van der Waals surface area contributed by atoms with Gasteiger partial charge in [0.15, 0.2) is 0 Å². The van der Waals surface area contributed by atoms with E-state index in [0.29, 0.717) is 11.3 Å². The van der Waals surface area contributed by atoms with E-state index in [0.717, 1.165) is 15.9 Å². The molecule has 0 fully saturated rings. The molecular weight excluding hydrogens is 332 g/mol. The number of nitrogens with one attached hydrogen (secondary N) is 1. The van der Waals surface area contributed by atoms with Crippen molar-refractivity contribution in [3.8, 4) is 6.07 Å². The number of carbonyl (C=O) groups excluding carboxylic acids is 1. The zero-order chi connectivity index (χ0) is 15.6. The number of aryl methyl sites for hydroxylation is 1. The van der Waals surface area contributed by atoms with Crippen molar-refractivity contribution in [2.45, 2.75) is 26.8 Å². The Balaban J connectivity index is 2.15. The first-order valence-corrected chi connectivity index (χ1v) is 7.25. The zero-order valence-corrected chi connectivity index (χ0v) is 13.6. The average molecular weight is 347 g/mol. The molecule has 1 N–H and O–H groups in total. The Labute approximate surface area is 131 Å². The smallest absolute Gasteiger partial charge is 0.248 e. The van der Waals surface area contributed by atoms with Crippen molar-refractivity contribution < 1.29 is 4.79 Å². The maximum atomic E-state index is 12.3. The lowest BCUT2D eigenvalue weighted by Crippen LogP contribution is -2.25. The third kappa shape index (κ3) is 3.14. The number of nitrogens with zero attached hydrogens (tertiary/aromatic N) is 3. The van der Waals surface area contributed by atoms with E-state index in [1.54, 1.807) is 35.9 Å². The van der Waals surface area contributed by atoms with E-state index >= 15 is 0 Å². The van der Waals surface area contributed by atoms with Crippen molar-refractivity contribution in [2.75, 3.05) is 5.32 Å². The van der Waals surface area contributed by atoms with Crippen molar-refractivity contribution in [1.29, 1.82) is 5.26 Å². The van der Waals surface area contributed by atoms with E-state index in [2.05, 4.69) is 26.3 Å². The van der Waals surface area contributed by atoms with Crippen LogP contribution >= 0.6 is 15.9 Å². The van der Waals surface area contributed by atoms with Gasteiger partial charge in [0.25, 0.3) is 0 Å². The highest BCUT2D eigenvalue weighted by Gasteiger charge is 2.20. The zero-order valence-electron chi connectivity index (χ0n) is 12.0. The molecule has 0 radical (unpaired) electrons. The van der Waals surface area contributed by atoms with E-state index in [-0.39, 0.29) is 5.91 Å². The van der Waals surface area contributed by atoms with Gasteiger partial charge in [0.2, 0.25) is 5.91 Å². The van der Waals surface area contributed by atoms with Gasteiger partial charge in [-0.3, -0.25) is 9.48 Å². The average Bonchev–Trinajstić information content (AvgIpc) is 2.75. The predicted molar refractivity (Wildman–Crippen MR) is 83.9 cm³/mol. The maximum Gasteiger partial charge on any atom is 0.248 e. The number of carbonyl (C=O) groups is 1. The van der Waals surface area contributed by atoms with Gasteiger partial charge in [-0.15, -0.1) is 0 Å². The number of nitriles is 1. The Morgan fingerprint density at radius 3 is 2.48 bits per heavy atom. The fraction of sp³-hybridized carbons (Fsp3) is 0.267. The van der Waals surface area contributed by atoms with Crippen molar-refractivity contribution in [1.82, 2.24) is 9.78 Å². The highest BCUT2D eigenvalue weighted by molar-refractivity contribution is 9.10. The van der Waals surface area contributed by atoms with Gasteiger partial charge in [-0.1, -0.05) is 0 Å². The van der Waals surface area contributed by atoms with E-state index in [1.807, 2.05) is 19.9 Å². The molecule has 0 aliphatic heterocycles. The molecule has 0 spiro atoms. The summed E-state index contributed by atoms with van der Waals surface area (Å²) in [7, 11) is 0. The molecule has 1 unspecified atom stereocenters. The SMILES string of the molecule is Cc1nn(C(C)C(=O)Nc2ccc(C#N)cc2)c(C)c1Br. The Morgan fingerprint density at radius 1 is 1.38 bits per heavy atom. The molecule has 21 heavy (non-hydrogen) atoms. The molecule has 6 heteroatoms. The normalized spacial score (nSPS) is 11.8. The molecule has 1 aromatic carbocycles. The lowest BCUT2D eigenvalue weighted by molar-refractivity contribution is -0.119. The molecule has 2 aromatic rings. The molecule has 108 valence electrons. The van der Waals surface area contributed by atoms with Crippen molar-refractivity contribution in [3.63, 3.8) is 0 Å². The molecule has 0 saturated heterocycles. The second-order valence-corrected chi connectivity index (χ2v) is 5.58. The van der Waals surface area contributed by atoms with Crippen LogP contribution in [0.1, 0.15) is 29.9 Å². The molecule has 2 rings (SSSR count). The summed E-state index contributed by atoms with van der Waals surface area (Å²) in [6.45, 7) is 5.60. The van der Waals surface area contributed by atoms with Gasteiger partial charge in [-0.05, 0) is 61.0 Å². The van der Waals surface area contributed by atoms with Crippen LogP contribution in [-0.4, -0.2) is 15.7 Å². The van der Waals surface area contributed by atoms with E-state index in [9.17, 15) is 4.79 Å². The summed E-state index contributed by atoms with van der Waals surface area (Å²) >= 11 is 3.45. The van der Waals surface area contributed by atoms with Gasteiger partial charge in [0.05, 0.1) is 27.5 Å². The summed E-state index contributed by atoms with van der Waals surface area (Å²) in [5.74, 6) is -0.155. The fourth-order valence-electron chi connectivity index (χ4n) is 2.01. The van der Waals surface area contributed by atoms with Gasteiger partial charge in [-0.25, -0.2) is 0 Å². The first kappa shape index (κ1) is 15.3. The van der Waals surface area contributed by atoms with E-state index in [4.69, 9.17) is 5.26 Å². The van der Waals surface area contributed by atoms with Crippen LogP contribution in [0.5, 0.6) is 0 Å². The summed E-state index contributed by atoms with van der Waals surface area (Å²) < 4.78 is 2.61. The van der Waals surface area contributed by atoms with Crippen molar-refractivity contribution in [2.24, 2.45) is 0 Å². The van der Waals surface area contributed by atoms with Crippen LogP contribution in [0.3, 0.4) is 0 Å². The van der Waals surface area contributed by atoms with Crippen LogP contribution in [0.2, 0.25) is 0 Å². The molecular formula is C15H15BrN4O. The van der Waals surface area contributed by atoms with Crippen LogP contribution in [-0.2, 0) is 4.79 Å². The third-order valence-corrected chi connectivity index (χ3v) is 4.41. The Morgan fingerprint density at radius 2 is 2.00 bits per heavy atom. The number of amides is 1. The van der Waals surface area contributed by atoms with Crippen molar-refractivity contribution >= 4 is 27.5 Å². The van der Waals surface area contributed by atoms with Crippen LogP contribution in [0, 0.1) is 25.2 Å². The Bertz CT molecular complexity index is 713. The first-order valence-electron chi connectivity index (χ1n) is 6.46. The highest BCUT2D eigenvalue weighted by atomic mass is 79.9. The number of rotatable bonds is 3. The quantitative estimate of drug-likeness (QED) is 0.926. The Kier molecular flexibility index (Phi) is 4.43. The van der Waals surface area contributed by atoms with Crippen LogP contribution < -0.4 is 5.32 Å². The lowest BCUT2D eigenvalue weighted by Gasteiger charge is -2.14. The third-order valence-electron chi connectivity index (χ3n) is 3.26.